The first-order valence-corrected chi connectivity index (χ1v) is 5.74. The molecule has 6 heteroatoms. The number of terminal acetylenes is 1. The molecule has 1 amide bonds. The molecule has 1 fully saturated rings. The third-order valence-corrected chi connectivity index (χ3v) is 2.88. The molecule has 0 saturated carbocycles. The summed E-state index contributed by atoms with van der Waals surface area (Å²) in [7, 11) is 1.32. The van der Waals surface area contributed by atoms with Gasteiger partial charge >= 0.3 is 5.97 Å². The fourth-order valence-electron chi connectivity index (χ4n) is 1.86. The number of rotatable bonds is 4. The van der Waals surface area contributed by atoms with Gasteiger partial charge in [-0.3, -0.25) is 14.5 Å². The summed E-state index contributed by atoms with van der Waals surface area (Å²) in [5.74, 6) is 1.73. The van der Waals surface area contributed by atoms with Crippen LogP contribution in [0.5, 0.6) is 0 Å². The van der Waals surface area contributed by atoms with Crippen LogP contribution in [0.1, 0.15) is 6.92 Å². The molecule has 1 saturated heterocycles. The van der Waals surface area contributed by atoms with Crippen molar-refractivity contribution in [2.75, 3.05) is 33.4 Å². The molecule has 1 aliphatic heterocycles. The van der Waals surface area contributed by atoms with Gasteiger partial charge in [0, 0.05) is 6.54 Å². The molecule has 0 aromatic rings. The van der Waals surface area contributed by atoms with E-state index < -0.39 is 18.1 Å². The van der Waals surface area contributed by atoms with Gasteiger partial charge in [-0.1, -0.05) is 5.92 Å². The lowest BCUT2D eigenvalue weighted by molar-refractivity contribution is -0.156. The predicted molar refractivity (Wildman–Crippen MR) is 64.6 cm³/mol. The lowest BCUT2D eigenvalue weighted by atomic mass is 10.1. The summed E-state index contributed by atoms with van der Waals surface area (Å²) in [5.41, 5.74) is 0. The first-order valence-electron chi connectivity index (χ1n) is 5.74. The van der Waals surface area contributed by atoms with Crippen molar-refractivity contribution in [1.82, 2.24) is 10.2 Å². The number of methoxy groups -OCH3 is 1. The van der Waals surface area contributed by atoms with Crippen LogP contribution in [0.25, 0.3) is 0 Å². The van der Waals surface area contributed by atoms with Gasteiger partial charge in [0.2, 0.25) is 5.91 Å². The molecule has 1 N–H and O–H groups in total. The second-order valence-corrected chi connectivity index (χ2v) is 3.95. The molecule has 2 unspecified atom stereocenters. The molecule has 100 valence electrons. The molecule has 6 nitrogen and oxygen atoms in total. The van der Waals surface area contributed by atoms with Gasteiger partial charge in [-0.2, -0.15) is 0 Å². The average Bonchev–Trinajstić information content (AvgIpc) is 2.43. The molecule has 0 aromatic carbocycles. The lowest BCUT2D eigenvalue weighted by Crippen LogP contribution is -2.57. The zero-order valence-electron chi connectivity index (χ0n) is 10.6. The summed E-state index contributed by atoms with van der Waals surface area (Å²) < 4.78 is 9.95. The van der Waals surface area contributed by atoms with Crippen molar-refractivity contribution in [1.29, 1.82) is 0 Å². The van der Waals surface area contributed by atoms with Gasteiger partial charge in [-0.05, 0) is 6.92 Å². The minimum Gasteiger partial charge on any atom is -0.468 e. The smallest absolute Gasteiger partial charge is 0.325 e. The maximum Gasteiger partial charge on any atom is 0.325 e. The Hall–Kier alpha value is -1.58. The summed E-state index contributed by atoms with van der Waals surface area (Å²) in [6.45, 7) is 3.13. The Morgan fingerprint density at radius 3 is 3.00 bits per heavy atom. The van der Waals surface area contributed by atoms with Gasteiger partial charge < -0.3 is 14.8 Å². The van der Waals surface area contributed by atoms with Crippen LogP contribution in [0.15, 0.2) is 0 Å². The van der Waals surface area contributed by atoms with E-state index in [0.717, 1.165) is 0 Å². The van der Waals surface area contributed by atoms with E-state index in [0.29, 0.717) is 13.2 Å². The summed E-state index contributed by atoms with van der Waals surface area (Å²) in [4.78, 5) is 25.2. The predicted octanol–water partition coefficient (Wildman–Crippen LogP) is -1.00. The van der Waals surface area contributed by atoms with Crippen molar-refractivity contribution in [3.05, 3.63) is 0 Å². The molecule has 18 heavy (non-hydrogen) atoms. The fourth-order valence-corrected chi connectivity index (χ4v) is 1.86. The highest BCUT2D eigenvalue weighted by molar-refractivity contribution is 5.83. The maximum absolute atomic E-state index is 11.8. The van der Waals surface area contributed by atoms with E-state index in [4.69, 9.17) is 15.9 Å². The first-order chi connectivity index (χ1) is 8.61. The maximum atomic E-state index is 11.8. The van der Waals surface area contributed by atoms with Crippen molar-refractivity contribution >= 4 is 11.9 Å². The van der Waals surface area contributed by atoms with Gasteiger partial charge in [-0.15, -0.1) is 6.42 Å². The summed E-state index contributed by atoms with van der Waals surface area (Å²) in [5, 5.41) is 2.60. The monoisotopic (exact) mass is 254 g/mol. The van der Waals surface area contributed by atoms with Crippen LogP contribution in [0.3, 0.4) is 0 Å². The van der Waals surface area contributed by atoms with E-state index in [-0.39, 0.29) is 19.1 Å². The number of hydrogen-bond acceptors (Lipinski definition) is 5. The zero-order valence-corrected chi connectivity index (χ0v) is 10.6. The van der Waals surface area contributed by atoms with Crippen LogP contribution >= 0.6 is 0 Å². The Morgan fingerprint density at radius 1 is 1.67 bits per heavy atom. The standard InChI is InChI=1S/C12H18N2O4/c1-4-5-13-11(15)9(2)14-6-7-18-8-10(14)12(16)17-3/h1,9-10H,5-8H2,2-3H3,(H,13,15). The molecule has 0 radical (unpaired) electrons. The highest BCUT2D eigenvalue weighted by Gasteiger charge is 2.35. The molecular formula is C12H18N2O4. The summed E-state index contributed by atoms with van der Waals surface area (Å²) in [6.07, 6.45) is 5.08. The first kappa shape index (κ1) is 14.5. The van der Waals surface area contributed by atoms with Gasteiger partial charge in [0.15, 0.2) is 0 Å². The van der Waals surface area contributed by atoms with Crippen molar-refractivity contribution in [3.8, 4) is 12.3 Å². The highest BCUT2D eigenvalue weighted by atomic mass is 16.5. The number of carbonyl (C=O) groups excluding carboxylic acids is 2. The molecule has 1 rings (SSSR count). The second-order valence-electron chi connectivity index (χ2n) is 3.95. The molecule has 0 spiro atoms. The van der Waals surface area contributed by atoms with E-state index in [2.05, 4.69) is 11.2 Å². The van der Waals surface area contributed by atoms with Crippen molar-refractivity contribution in [2.24, 2.45) is 0 Å². The van der Waals surface area contributed by atoms with E-state index >= 15 is 0 Å². The number of ether oxygens (including phenoxy) is 2. The number of amides is 1. The molecular weight excluding hydrogens is 236 g/mol. The Kier molecular flexibility index (Phi) is 5.62. The lowest BCUT2D eigenvalue weighted by Gasteiger charge is -2.36. The molecule has 0 bridgehead atoms. The number of esters is 1. The Morgan fingerprint density at radius 2 is 2.39 bits per heavy atom. The molecule has 1 aliphatic rings. The van der Waals surface area contributed by atoms with Gasteiger partial charge in [-0.25, -0.2) is 0 Å². The number of nitrogens with zero attached hydrogens (tertiary/aromatic N) is 1. The summed E-state index contributed by atoms with van der Waals surface area (Å²) >= 11 is 0. The van der Waals surface area contributed by atoms with Gasteiger partial charge in [0.05, 0.1) is 32.9 Å². The van der Waals surface area contributed by atoms with Crippen LogP contribution in [-0.2, 0) is 19.1 Å². The highest BCUT2D eigenvalue weighted by Crippen LogP contribution is 2.12. The largest absolute Gasteiger partial charge is 0.468 e. The summed E-state index contributed by atoms with van der Waals surface area (Å²) in [6, 6.07) is -0.998. The van der Waals surface area contributed by atoms with E-state index in [1.165, 1.54) is 7.11 Å². The van der Waals surface area contributed by atoms with Crippen molar-refractivity contribution in [3.63, 3.8) is 0 Å². The van der Waals surface area contributed by atoms with Crippen LogP contribution in [0, 0.1) is 12.3 Å². The molecule has 0 aliphatic carbocycles. The Bertz CT molecular complexity index is 350. The minimum absolute atomic E-state index is 0.177. The number of carbonyl (C=O) groups is 2. The van der Waals surface area contributed by atoms with E-state index in [1.54, 1.807) is 11.8 Å². The van der Waals surface area contributed by atoms with Gasteiger partial charge in [0.25, 0.3) is 0 Å². The quantitative estimate of drug-likeness (QED) is 0.515. The normalized spacial score (nSPS) is 21.7. The van der Waals surface area contributed by atoms with Crippen LogP contribution in [0.4, 0.5) is 0 Å². The molecule has 1 heterocycles. The van der Waals surface area contributed by atoms with Crippen molar-refractivity contribution < 1.29 is 19.1 Å². The third-order valence-electron chi connectivity index (χ3n) is 2.88. The fraction of sp³-hybridized carbons (Fsp3) is 0.667. The SMILES string of the molecule is C#CCNC(=O)C(C)N1CCOCC1C(=O)OC. The van der Waals surface area contributed by atoms with E-state index in [9.17, 15) is 9.59 Å². The minimum atomic E-state index is -0.546. The third kappa shape index (κ3) is 3.45. The van der Waals surface area contributed by atoms with Crippen molar-refractivity contribution in [2.45, 2.75) is 19.0 Å². The van der Waals surface area contributed by atoms with Gasteiger partial charge in [0.1, 0.15) is 6.04 Å². The number of nitrogens with one attached hydrogen (secondary N) is 1. The second kappa shape index (κ2) is 6.99. The zero-order chi connectivity index (χ0) is 13.5. The van der Waals surface area contributed by atoms with Crippen LogP contribution in [0.2, 0.25) is 0 Å². The molecule has 2 atom stereocenters. The molecule has 0 aromatic heterocycles. The Labute approximate surface area is 107 Å². The van der Waals surface area contributed by atoms with Crippen LogP contribution in [-0.4, -0.2) is 62.3 Å². The van der Waals surface area contributed by atoms with Crippen LogP contribution < -0.4 is 5.32 Å². The Balaban J connectivity index is 2.68. The topological polar surface area (TPSA) is 67.9 Å². The number of hydrogen-bond donors (Lipinski definition) is 1. The van der Waals surface area contributed by atoms with E-state index in [1.807, 2.05) is 0 Å². The number of morpholine rings is 1. The average molecular weight is 254 g/mol.